The zero-order valence-electron chi connectivity index (χ0n) is 17.1. The normalized spacial score (nSPS) is 11.0. The molecule has 32 heavy (non-hydrogen) atoms. The molecule has 0 atom stereocenters. The van der Waals surface area contributed by atoms with Gasteiger partial charge in [-0.05, 0) is 48.9 Å². The molecule has 0 saturated heterocycles. The third-order valence-electron chi connectivity index (χ3n) is 5.23. The van der Waals surface area contributed by atoms with Gasteiger partial charge in [-0.15, -0.1) is 11.3 Å². The summed E-state index contributed by atoms with van der Waals surface area (Å²) in [7, 11) is 0. The van der Waals surface area contributed by atoms with Gasteiger partial charge in [0.1, 0.15) is 5.82 Å². The number of nitrogens with two attached hydrogens (primary N) is 1. The average molecular weight is 439 g/mol. The number of carbonyl (C=O) groups excluding carboxylic acids is 1. The highest BCUT2D eigenvalue weighted by molar-refractivity contribution is 7.17. The Hall–Kier alpha value is -4.17. The van der Waals surface area contributed by atoms with Crippen LogP contribution in [0.2, 0.25) is 0 Å². The highest BCUT2D eigenvalue weighted by atomic mass is 32.1. The number of hydrogen-bond donors (Lipinski definition) is 3. The smallest absolute Gasteiger partial charge is 0.169 e. The third-order valence-corrected chi connectivity index (χ3v) is 6.45. The number of hydrogen-bond acceptors (Lipinski definition) is 7. The van der Waals surface area contributed by atoms with Crippen LogP contribution < -0.4 is 5.73 Å². The summed E-state index contributed by atoms with van der Waals surface area (Å²) in [5.74, 6) is 0.323. The predicted octanol–water partition coefficient (Wildman–Crippen LogP) is 4.95. The van der Waals surface area contributed by atoms with Crippen molar-refractivity contribution in [1.29, 1.82) is 5.41 Å². The van der Waals surface area contributed by atoms with Gasteiger partial charge in [0, 0.05) is 51.7 Å². The molecule has 0 fully saturated rings. The van der Waals surface area contributed by atoms with Crippen molar-refractivity contribution < 1.29 is 4.79 Å². The molecule has 0 aliphatic heterocycles. The summed E-state index contributed by atoms with van der Waals surface area (Å²) >= 11 is 1.43. The van der Waals surface area contributed by atoms with Crippen LogP contribution in [0, 0.1) is 5.41 Å². The summed E-state index contributed by atoms with van der Waals surface area (Å²) in [5.41, 5.74) is 11.0. The Labute approximate surface area is 187 Å². The fraction of sp³-hybridized carbons (Fsp3) is 0.0417. The number of nitrogens with zero attached hydrogens (tertiary/aromatic N) is 3. The number of ketones is 1. The van der Waals surface area contributed by atoms with E-state index in [1.807, 2.05) is 36.4 Å². The zero-order chi connectivity index (χ0) is 22.2. The maximum absolute atomic E-state index is 11.7. The number of carbonyl (C=O) groups is 1. The lowest BCUT2D eigenvalue weighted by molar-refractivity contribution is 0.102. The minimum absolute atomic E-state index is 0.0370. The number of aromatic nitrogens is 4. The minimum Gasteiger partial charge on any atom is -0.383 e. The van der Waals surface area contributed by atoms with E-state index in [-0.39, 0.29) is 17.3 Å². The Kier molecular flexibility index (Phi) is 4.84. The summed E-state index contributed by atoms with van der Waals surface area (Å²) in [6, 6.07) is 11.3. The van der Waals surface area contributed by atoms with E-state index in [0.29, 0.717) is 16.1 Å². The van der Waals surface area contributed by atoms with Crippen LogP contribution in [0.5, 0.6) is 0 Å². The molecular formula is C24H18N6OS. The number of nitrogen functional groups attached to an aromatic ring is 1. The molecule has 0 aliphatic rings. The van der Waals surface area contributed by atoms with Gasteiger partial charge in [-0.3, -0.25) is 20.2 Å². The fourth-order valence-electron chi connectivity index (χ4n) is 3.58. The van der Waals surface area contributed by atoms with Gasteiger partial charge in [-0.1, -0.05) is 0 Å². The number of anilines is 1. The van der Waals surface area contributed by atoms with E-state index in [0.717, 1.165) is 32.5 Å². The molecular weight excluding hydrogens is 420 g/mol. The SMILES string of the molecule is CC(=O)c1ccc(-c2cncc3[nH]c(C(=N)c4cc(-c5ccncc5)cnc4N)cc23)s1. The standard InChI is InChI=1S/C24H18N6OS/c1-13(31)21-2-3-22(32-21)18-11-28-12-20-16(18)9-19(30-20)23(25)17-8-15(10-29-24(17)26)14-4-6-27-7-5-14/h2-12,25,30H,1H3,(H2,26,29). The molecule has 5 aromatic heterocycles. The third kappa shape index (κ3) is 3.46. The molecule has 0 bridgehead atoms. The Morgan fingerprint density at radius 1 is 1.03 bits per heavy atom. The highest BCUT2D eigenvalue weighted by Gasteiger charge is 2.17. The molecule has 5 aromatic rings. The quantitative estimate of drug-likeness (QED) is 0.265. The van der Waals surface area contributed by atoms with Crippen LogP contribution in [0.3, 0.4) is 0 Å². The lowest BCUT2D eigenvalue weighted by atomic mass is 10.0. The van der Waals surface area contributed by atoms with Crippen LogP contribution in [0.4, 0.5) is 5.82 Å². The summed E-state index contributed by atoms with van der Waals surface area (Å²) in [4.78, 5) is 29.3. The minimum atomic E-state index is 0.0370. The number of H-pyrrole nitrogens is 1. The van der Waals surface area contributed by atoms with E-state index >= 15 is 0 Å². The van der Waals surface area contributed by atoms with Crippen molar-refractivity contribution in [3.8, 4) is 21.6 Å². The van der Waals surface area contributed by atoms with Crippen LogP contribution in [0.25, 0.3) is 32.5 Å². The van der Waals surface area contributed by atoms with E-state index in [2.05, 4.69) is 19.9 Å². The van der Waals surface area contributed by atoms with Crippen LogP contribution >= 0.6 is 11.3 Å². The van der Waals surface area contributed by atoms with Crippen molar-refractivity contribution in [3.63, 3.8) is 0 Å². The van der Waals surface area contributed by atoms with Gasteiger partial charge < -0.3 is 10.7 Å². The number of aromatic amines is 1. The van der Waals surface area contributed by atoms with Gasteiger partial charge in [0.2, 0.25) is 0 Å². The van der Waals surface area contributed by atoms with Gasteiger partial charge >= 0.3 is 0 Å². The van der Waals surface area contributed by atoms with Gasteiger partial charge in [0.05, 0.1) is 28.0 Å². The van der Waals surface area contributed by atoms with Crippen molar-refractivity contribution >= 4 is 39.6 Å². The zero-order valence-corrected chi connectivity index (χ0v) is 17.9. The summed E-state index contributed by atoms with van der Waals surface area (Å²) in [6.45, 7) is 1.56. The Morgan fingerprint density at radius 2 is 1.84 bits per heavy atom. The molecule has 0 unspecified atom stereocenters. The summed E-state index contributed by atoms with van der Waals surface area (Å²) in [5, 5.41) is 9.74. The van der Waals surface area contributed by atoms with Crippen molar-refractivity contribution in [2.45, 2.75) is 6.92 Å². The topological polar surface area (TPSA) is 121 Å². The Bertz CT molecular complexity index is 1490. The Balaban J connectivity index is 1.57. The molecule has 0 amide bonds. The monoisotopic (exact) mass is 438 g/mol. The second-order valence-electron chi connectivity index (χ2n) is 7.32. The molecule has 0 aromatic carbocycles. The maximum Gasteiger partial charge on any atom is 0.169 e. The number of nitrogens with one attached hydrogen (secondary N) is 2. The van der Waals surface area contributed by atoms with Gasteiger partial charge in [0.15, 0.2) is 5.78 Å². The number of fused-ring (bicyclic) bond motifs is 1. The first kappa shape index (κ1) is 19.8. The molecule has 156 valence electrons. The van der Waals surface area contributed by atoms with Gasteiger partial charge in [-0.2, -0.15) is 0 Å². The molecule has 0 saturated carbocycles. The van der Waals surface area contributed by atoms with E-state index < -0.39 is 0 Å². The predicted molar refractivity (Wildman–Crippen MR) is 127 cm³/mol. The van der Waals surface area contributed by atoms with Crippen molar-refractivity contribution in [2.24, 2.45) is 0 Å². The average Bonchev–Trinajstić information content (AvgIpc) is 3.47. The number of Topliss-reactive ketones (excluding diaryl/α,β-unsaturated/α-hetero) is 1. The van der Waals surface area contributed by atoms with Crippen LogP contribution in [0.15, 0.2) is 67.4 Å². The van der Waals surface area contributed by atoms with E-state index in [1.165, 1.54) is 11.3 Å². The maximum atomic E-state index is 11.7. The molecule has 0 aliphatic carbocycles. The summed E-state index contributed by atoms with van der Waals surface area (Å²) < 4.78 is 0. The Morgan fingerprint density at radius 3 is 2.59 bits per heavy atom. The van der Waals surface area contributed by atoms with Gasteiger partial charge in [0.25, 0.3) is 0 Å². The lowest BCUT2D eigenvalue weighted by Gasteiger charge is -2.08. The first-order valence-corrected chi connectivity index (χ1v) is 10.7. The van der Waals surface area contributed by atoms with E-state index in [9.17, 15) is 4.79 Å². The summed E-state index contributed by atoms with van der Waals surface area (Å²) in [6.07, 6.45) is 8.62. The molecule has 8 heteroatoms. The fourth-order valence-corrected chi connectivity index (χ4v) is 4.50. The van der Waals surface area contributed by atoms with E-state index in [4.69, 9.17) is 11.1 Å². The second-order valence-corrected chi connectivity index (χ2v) is 8.40. The largest absolute Gasteiger partial charge is 0.383 e. The first-order valence-electron chi connectivity index (χ1n) is 9.84. The van der Waals surface area contributed by atoms with Crippen LogP contribution in [-0.2, 0) is 0 Å². The second kappa shape index (κ2) is 7.82. The lowest BCUT2D eigenvalue weighted by Crippen LogP contribution is -2.07. The van der Waals surface area contributed by atoms with Gasteiger partial charge in [-0.25, -0.2) is 4.98 Å². The van der Waals surface area contributed by atoms with Crippen molar-refractivity contribution in [2.75, 3.05) is 5.73 Å². The van der Waals surface area contributed by atoms with Crippen LogP contribution in [0.1, 0.15) is 27.9 Å². The van der Waals surface area contributed by atoms with Crippen LogP contribution in [-0.4, -0.2) is 31.4 Å². The highest BCUT2D eigenvalue weighted by Crippen LogP contribution is 2.34. The molecule has 5 heterocycles. The molecule has 0 radical (unpaired) electrons. The molecule has 5 rings (SSSR count). The molecule has 7 nitrogen and oxygen atoms in total. The molecule has 4 N–H and O–H groups in total. The van der Waals surface area contributed by atoms with Crippen molar-refractivity contribution in [1.82, 2.24) is 19.9 Å². The first-order chi connectivity index (χ1) is 15.5. The number of rotatable bonds is 5. The number of pyridine rings is 3. The molecule has 0 spiro atoms. The van der Waals surface area contributed by atoms with Crippen molar-refractivity contribution in [3.05, 3.63) is 83.5 Å². The number of thiophene rings is 1. The van der Waals surface area contributed by atoms with E-state index in [1.54, 1.807) is 37.9 Å².